The number of rotatable bonds is 4. The molecule has 0 radical (unpaired) electrons. The maximum absolute atomic E-state index is 10.2. The van der Waals surface area contributed by atoms with Crippen LogP contribution in [0.2, 0.25) is 0 Å². The summed E-state index contributed by atoms with van der Waals surface area (Å²) in [5, 5.41) is 18.2. The molecule has 5 rings (SSSR count). The van der Waals surface area contributed by atoms with Gasteiger partial charge < -0.3 is 19.7 Å². The monoisotopic (exact) mass is 484 g/mol. The Balaban J connectivity index is 0.000000153. The van der Waals surface area contributed by atoms with Crippen LogP contribution in [0.5, 0.6) is 23.0 Å². The minimum Gasteiger partial charge on any atom is -0.504 e. The average molecular weight is 485 g/mol. The Kier molecular flexibility index (Phi) is 8.88. The van der Waals surface area contributed by atoms with E-state index >= 15 is 0 Å². The van der Waals surface area contributed by atoms with Gasteiger partial charge in [-0.25, -0.2) is 9.97 Å². The number of carbonyl (C=O) groups excluding carboxylic acids is 2. The Hall–Kier alpha value is -4.98. The molecular formula is C28H24N2O6. The summed E-state index contributed by atoms with van der Waals surface area (Å²) in [7, 11) is 2.87. The largest absolute Gasteiger partial charge is 0.504 e. The zero-order valence-corrected chi connectivity index (χ0v) is 19.7. The van der Waals surface area contributed by atoms with E-state index in [9.17, 15) is 9.59 Å². The lowest BCUT2D eigenvalue weighted by Crippen LogP contribution is -1.85. The van der Waals surface area contributed by atoms with Crippen LogP contribution in [-0.2, 0) is 0 Å². The van der Waals surface area contributed by atoms with Crippen LogP contribution in [0.15, 0.2) is 84.9 Å². The first-order chi connectivity index (χ1) is 17.5. The van der Waals surface area contributed by atoms with E-state index in [2.05, 4.69) is 9.97 Å². The molecule has 0 aliphatic carbocycles. The minimum atomic E-state index is 0.0399. The summed E-state index contributed by atoms with van der Waals surface area (Å²) in [5.74, 6) is 0.709. The fourth-order valence-corrected chi connectivity index (χ4v) is 3.10. The van der Waals surface area contributed by atoms with Gasteiger partial charge in [-0.05, 0) is 60.7 Å². The summed E-state index contributed by atoms with van der Waals surface area (Å²) in [4.78, 5) is 29.5. The maximum atomic E-state index is 10.2. The van der Waals surface area contributed by atoms with Gasteiger partial charge in [0, 0.05) is 11.1 Å². The van der Waals surface area contributed by atoms with Crippen LogP contribution in [0.1, 0.15) is 20.7 Å². The molecule has 0 aliphatic rings. The van der Waals surface area contributed by atoms with Crippen molar-refractivity contribution in [1.29, 1.82) is 0 Å². The number of ether oxygens (including phenoxy) is 2. The highest BCUT2D eigenvalue weighted by molar-refractivity contribution is 5.85. The normalized spacial score (nSPS) is 9.83. The van der Waals surface area contributed by atoms with E-state index in [1.807, 2.05) is 48.5 Å². The molecule has 8 heteroatoms. The molecule has 0 unspecified atom stereocenters. The van der Waals surface area contributed by atoms with E-state index in [1.54, 1.807) is 0 Å². The van der Waals surface area contributed by atoms with Crippen LogP contribution < -0.4 is 9.47 Å². The van der Waals surface area contributed by atoms with Gasteiger partial charge in [-0.3, -0.25) is 9.59 Å². The Morgan fingerprint density at radius 2 is 0.917 bits per heavy atom. The Morgan fingerprint density at radius 1 is 0.583 bits per heavy atom. The predicted octanol–water partition coefficient (Wildman–Crippen LogP) is 5.21. The van der Waals surface area contributed by atoms with E-state index in [1.165, 1.54) is 50.6 Å². The standard InChI is InChI=1S/C12H8N2.2C8H8O3/c1-2-6-10-9(5-1)13-11-7-3-4-8-12(11)14-10;2*1-11-8-4-6(5-9)2-3-7(8)10/h1-8H;2*2-5,10H,1H3. The predicted molar refractivity (Wildman–Crippen MR) is 137 cm³/mol. The molecule has 0 amide bonds. The number of para-hydroxylation sites is 4. The lowest BCUT2D eigenvalue weighted by atomic mass is 10.2. The summed E-state index contributed by atoms with van der Waals surface area (Å²) >= 11 is 0. The van der Waals surface area contributed by atoms with Gasteiger partial charge in [-0.2, -0.15) is 0 Å². The number of phenolic OH excluding ortho intramolecular Hbond substituents is 2. The van der Waals surface area contributed by atoms with Crippen LogP contribution in [-0.4, -0.2) is 47.0 Å². The van der Waals surface area contributed by atoms with Crippen molar-refractivity contribution < 1.29 is 29.3 Å². The van der Waals surface area contributed by atoms with Crippen molar-refractivity contribution in [3.05, 3.63) is 96.1 Å². The Labute approximate surface area is 207 Å². The van der Waals surface area contributed by atoms with Gasteiger partial charge >= 0.3 is 0 Å². The molecule has 8 nitrogen and oxygen atoms in total. The number of benzene rings is 4. The van der Waals surface area contributed by atoms with E-state index in [4.69, 9.17) is 19.7 Å². The lowest BCUT2D eigenvalue weighted by molar-refractivity contribution is 0.111. The zero-order valence-electron chi connectivity index (χ0n) is 19.7. The van der Waals surface area contributed by atoms with Gasteiger partial charge in [-0.1, -0.05) is 24.3 Å². The molecule has 4 aromatic carbocycles. The molecule has 0 spiro atoms. The molecule has 0 fully saturated rings. The highest BCUT2D eigenvalue weighted by Gasteiger charge is 2.01. The fraction of sp³-hybridized carbons (Fsp3) is 0.0714. The van der Waals surface area contributed by atoms with Crippen LogP contribution in [0.25, 0.3) is 22.1 Å². The molecular weight excluding hydrogens is 460 g/mol. The van der Waals surface area contributed by atoms with Gasteiger partial charge in [0.1, 0.15) is 12.6 Å². The van der Waals surface area contributed by atoms with Crippen molar-refractivity contribution in [1.82, 2.24) is 9.97 Å². The molecule has 2 N–H and O–H groups in total. The Morgan fingerprint density at radius 3 is 1.19 bits per heavy atom. The number of methoxy groups -OCH3 is 2. The average Bonchev–Trinajstić information content (AvgIpc) is 2.93. The Bertz CT molecular complexity index is 1320. The quantitative estimate of drug-likeness (QED) is 0.264. The fourth-order valence-electron chi connectivity index (χ4n) is 3.10. The number of hydrogen-bond acceptors (Lipinski definition) is 8. The van der Waals surface area contributed by atoms with Crippen LogP contribution in [0.4, 0.5) is 0 Å². The van der Waals surface area contributed by atoms with E-state index < -0.39 is 0 Å². The van der Waals surface area contributed by atoms with Crippen LogP contribution in [0, 0.1) is 0 Å². The summed E-state index contributed by atoms with van der Waals surface area (Å²) in [6, 6.07) is 24.7. The minimum absolute atomic E-state index is 0.0399. The highest BCUT2D eigenvalue weighted by Crippen LogP contribution is 2.26. The second-order valence-electron chi connectivity index (χ2n) is 7.30. The number of aromatic nitrogens is 2. The number of fused-ring (bicyclic) bond motifs is 2. The number of phenols is 2. The van der Waals surface area contributed by atoms with Gasteiger partial charge in [-0.15, -0.1) is 0 Å². The third kappa shape index (κ3) is 6.54. The van der Waals surface area contributed by atoms with Crippen molar-refractivity contribution in [2.75, 3.05) is 14.2 Å². The first kappa shape index (κ1) is 25.6. The molecule has 0 atom stereocenters. The number of hydrogen-bond donors (Lipinski definition) is 2. The van der Waals surface area contributed by atoms with E-state index in [-0.39, 0.29) is 11.5 Å². The van der Waals surface area contributed by atoms with Gasteiger partial charge in [0.05, 0.1) is 36.3 Å². The smallest absolute Gasteiger partial charge is 0.161 e. The number of aldehydes is 2. The molecule has 1 aromatic heterocycles. The summed E-state index contributed by atoms with van der Waals surface area (Å²) in [6.07, 6.45) is 1.39. The van der Waals surface area contributed by atoms with Gasteiger partial charge in [0.2, 0.25) is 0 Å². The first-order valence-electron chi connectivity index (χ1n) is 10.7. The lowest BCUT2D eigenvalue weighted by Gasteiger charge is -2.01. The topological polar surface area (TPSA) is 119 Å². The molecule has 5 aromatic rings. The molecule has 36 heavy (non-hydrogen) atoms. The second kappa shape index (κ2) is 12.5. The maximum Gasteiger partial charge on any atom is 0.161 e. The summed E-state index contributed by atoms with van der Waals surface area (Å²) in [6.45, 7) is 0. The van der Waals surface area contributed by atoms with Crippen molar-refractivity contribution >= 4 is 34.6 Å². The van der Waals surface area contributed by atoms with Gasteiger partial charge in [0.25, 0.3) is 0 Å². The highest BCUT2D eigenvalue weighted by atomic mass is 16.5. The zero-order chi connectivity index (χ0) is 25.9. The summed E-state index contributed by atoms with van der Waals surface area (Å²) < 4.78 is 9.56. The van der Waals surface area contributed by atoms with Crippen LogP contribution in [0.3, 0.4) is 0 Å². The molecule has 0 aliphatic heterocycles. The summed E-state index contributed by atoms with van der Waals surface area (Å²) in [5.41, 5.74) is 4.77. The van der Waals surface area contributed by atoms with Gasteiger partial charge in [0.15, 0.2) is 23.0 Å². The van der Waals surface area contributed by atoms with Crippen molar-refractivity contribution in [2.45, 2.75) is 0 Å². The van der Waals surface area contributed by atoms with Crippen LogP contribution >= 0.6 is 0 Å². The second-order valence-corrected chi connectivity index (χ2v) is 7.30. The number of aromatic hydroxyl groups is 2. The third-order valence-electron chi connectivity index (χ3n) is 4.92. The van der Waals surface area contributed by atoms with Crippen molar-refractivity contribution in [2.24, 2.45) is 0 Å². The van der Waals surface area contributed by atoms with E-state index in [0.29, 0.717) is 35.2 Å². The first-order valence-corrected chi connectivity index (χ1v) is 10.7. The number of carbonyl (C=O) groups is 2. The van der Waals surface area contributed by atoms with E-state index in [0.717, 1.165) is 22.1 Å². The molecule has 182 valence electrons. The molecule has 1 heterocycles. The number of nitrogens with zero attached hydrogens (tertiary/aromatic N) is 2. The molecule has 0 saturated carbocycles. The molecule has 0 bridgehead atoms. The SMILES string of the molecule is COc1cc(C=O)ccc1O.COc1cc(C=O)ccc1O.c1ccc2nc3ccccc3nc2c1. The van der Waals surface area contributed by atoms with Crippen molar-refractivity contribution in [3.63, 3.8) is 0 Å². The molecule has 0 saturated heterocycles. The third-order valence-corrected chi connectivity index (χ3v) is 4.92. The van der Waals surface area contributed by atoms with Crippen molar-refractivity contribution in [3.8, 4) is 23.0 Å².